The molecule has 0 saturated heterocycles. The lowest BCUT2D eigenvalue weighted by Crippen LogP contribution is -2.31. The summed E-state index contributed by atoms with van der Waals surface area (Å²) >= 11 is 11.7. The summed E-state index contributed by atoms with van der Waals surface area (Å²) in [5.74, 6) is 2.30. The van der Waals surface area contributed by atoms with E-state index >= 15 is 0 Å². The summed E-state index contributed by atoms with van der Waals surface area (Å²) in [7, 11) is 0. The Morgan fingerprint density at radius 3 is 2.60 bits per heavy atom. The predicted molar refractivity (Wildman–Crippen MR) is 176 cm³/mol. The second-order valence-corrected chi connectivity index (χ2v) is 12.4. The van der Waals surface area contributed by atoms with Gasteiger partial charge < -0.3 is 20.1 Å². The second kappa shape index (κ2) is 13.9. The summed E-state index contributed by atoms with van der Waals surface area (Å²) in [4.78, 5) is 18.7. The lowest BCUT2D eigenvalue weighted by Gasteiger charge is -2.29. The highest BCUT2D eigenvalue weighted by molar-refractivity contribution is 9.10. The first kappa shape index (κ1) is 31.0. The van der Waals surface area contributed by atoms with Gasteiger partial charge in [-0.05, 0) is 79.0 Å². The number of anilines is 2. The molecule has 2 N–H and O–H groups in total. The third-order valence-electron chi connectivity index (χ3n) is 6.80. The van der Waals surface area contributed by atoms with Crippen LogP contribution in [0.25, 0.3) is 0 Å². The predicted octanol–water partition coefficient (Wildman–Crippen LogP) is 8.41. The monoisotopic (exact) mass is 681 g/mol. The Hall–Kier alpha value is -3.47. The minimum Gasteiger partial charge on any atom is -0.490 e. The van der Waals surface area contributed by atoms with E-state index in [1.54, 1.807) is 16.4 Å². The zero-order chi connectivity index (χ0) is 30.5. The maximum atomic E-state index is 13.9. The van der Waals surface area contributed by atoms with E-state index in [1.165, 1.54) is 0 Å². The molecule has 0 fully saturated rings. The zero-order valence-electron chi connectivity index (χ0n) is 24.4. The van der Waals surface area contributed by atoms with Gasteiger partial charge in [0.2, 0.25) is 11.1 Å². The minimum absolute atomic E-state index is 0.240. The SMILES string of the molecule is CCCSc1nc2n(n1)C(c1cc(Br)c(OCc3ccccc3Cl)c(OCC)c1)C(C(=O)Nc1ccc(C)cc1)=C(C)N2. The first-order valence-corrected chi connectivity index (χ1v) is 16.2. The van der Waals surface area contributed by atoms with Crippen molar-refractivity contribution in [1.29, 1.82) is 0 Å². The number of nitrogens with zero attached hydrogens (tertiary/aromatic N) is 3. The number of thioether (sulfide) groups is 1. The normalized spacial score (nSPS) is 14.2. The lowest BCUT2D eigenvalue weighted by atomic mass is 9.94. The van der Waals surface area contributed by atoms with Crippen LogP contribution in [0, 0.1) is 6.92 Å². The van der Waals surface area contributed by atoms with Crippen LogP contribution < -0.4 is 20.1 Å². The number of aromatic nitrogens is 3. The van der Waals surface area contributed by atoms with Crippen LogP contribution in [0.5, 0.6) is 11.5 Å². The minimum atomic E-state index is -0.585. The largest absolute Gasteiger partial charge is 0.490 e. The number of ether oxygens (including phenoxy) is 2. The van der Waals surface area contributed by atoms with Crippen LogP contribution in [-0.4, -0.2) is 33.0 Å². The first-order valence-electron chi connectivity index (χ1n) is 14.1. The number of carbonyl (C=O) groups is 1. The van der Waals surface area contributed by atoms with E-state index in [2.05, 4.69) is 33.5 Å². The molecule has 0 aliphatic carbocycles. The molecule has 1 aromatic heterocycles. The van der Waals surface area contributed by atoms with Crippen molar-refractivity contribution in [2.24, 2.45) is 0 Å². The number of aryl methyl sites for hydroxylation is 1. The summed E-state index contributed by atoms with van der Waals surface area (Å²) in [6, 6.07) is 18.5. The smallest absolute Gasteiger partial charge is 0.255 e. The van der Waals surface area contributed by atoms with Gasteiger partial charge in [0.25, 0.3) is 5.91 Å². The Labute approximate surface area is 269 Å². The molecule has 11 heteroatoms. The molecule has 5 rings (SSSR count). The van der Waals surface area contributed by atoms with Gasteiger partial charge in [0.05, 0.1) is 16.7 Å². The average molecular weight is 683 g/mol. The molecule has 43 heavy (non-hydrogen) atoms. The third kappa shape index (κ3) is 7.03. The van der Waals surface area contributed by atoms with E-state index in [1.807, 2.05) is 81.4 Å². The molecular weight excluding hydrogens is 650 g/mol. The van der Waals surface area contributed by atoms with Gasteiger partial charge in [-0.3, -0.25) is 4.79 Å². The van der Waals surface area contributed by atoms with Crippen molar-refractivity contribution in [2.75, 3.05) is 23.0 Å². The van der Waals surface area contributed by atoms with Crippen molar-refractivity contribution in [3.63, 3.8) is 0 Å². The highest BCUT2D eigenvalue weighted by Gasteiger charge is 2.35. The molecule has 8 nitrogen and oxygen atoms in total. The second-order valence-electron chi connectivity index (χ2n) is 10.0. The molecule has 1 amide bonds. The number of nitrogens with one attached hydrogen (secondary N) is 2. The molecule has 224 valence electrons. The van der Waals surface area contributed by atoms with E-state index in [0.29, 0.717) is 55.7 Å². The lowest BCUT2D eigenvalue weighted by molar-refractivity contribution is -0.113. The van der Waals surface area contributed by atoms with Crippen molar-refractivity contribution in [3.05, 3.63) is 98.1 Å². The summed E-state index contributed by atoms with van der Waals surface area (Å²) < 4.78 is 14.8. The number of carbonyl (C=O) groups excluding carboxylic acids is 1. The Kier molecular flexibility index (Phi) is 10.00. The number of benzene rings is 3. The maximum absolute atomic E-state index is 13.9. The number of hydrogen-bond acceptors (Lipinski definition) is 7. The highest BCUT2D eigenvalue weighted by atomic mass is 79.9. The fourth-order valence-electron chi connectivity index (χ4n) is 4.74. The van der Waals surface area contributed by atoms with E-state index in [4.69, 9.17) is 31.2 Å². The maximum Gasteiger partial charge on any atom is 0.255 e. The van der Waals surface area contributed by atoms with Crippen molar-refractivity contribution < 1.29 is 14.3 Å². The molecule has 1 aliphatic heterocycles. The van der Waals surface area contributed by atoms with Gasteiger partial charge in [-0.25, -0.2) is 4.68 Å². The number of hydrogen-bond donors (Lipinski definition) is 2. The molecular formula is C32H33BrClN5O3S. The first-order chi connectivity index (χ1) is 20.8. The molecule has 0 radical (unpaired) electrons. The van der Waals surface area contributed by atoms with E-state index < -0.39 is 6.04 Å². The van der Waals surface area contributed by atoms with Crippen LogP contribution in [0.2, 0.25) is 5.02 Å². The number of fused-ring (bicyclic) bond motifs is 1. The molecule has 0 bridgehead atoms. The van der Waals surface area contributed by atoms with Crippen molar-refractivity contribution in [3.8, 4) is 11.5 Å². The number of allylic oxidation sites excluding steroid dienone is 1. The van der Waals surface area contributed by atoms with Crippen molar-refractivity contribution in [2.45, 2.75) is 51.9 Å². The topological polar surface area (TPSA) is 90.3 Å². The third-order valence-corrected chi connectivity index (χ3v) is 8.80. The van der Waals surface area contributed by atoms with E-state index in [9.17, 15) is 4.79 Å². The quantitative estimate of drug-likeness (QED) is 0.154. The Bertz CT molecular complexity index is 1660. The number of amides is 1. The molecule has 0 saturated carbocycles. The van der Waals surface area contributed by atoms with Crippen molar-refractivity contribution >= 4 is 56.8 Å². The zero-order valence-corrected chi connectivity index (χ0v) is 27.6. The van der Waals surface area contributed by atoms with Crippen LogP contribution in [0.1, 0.15) is 49.9 Å². The van der Waals surface area contributed by atoms with Crippen LogP contribution in [-0.2, 0) is 11.4 Å². The van der Waals surface area contributed by atoms with Gasteiger partial charge in [0.1, 0.15) is 12.6 Å². The fraction of sp³-hybridized carbons (Fsp3) is 0.281. The van der Waals surface area contributed by atoms with Gasteiger partial charge in [-0.1, -0.05) is 66.2 Å². The van der Waals surface area contributed by atoms with Gasteiger partial charge in [-0.2, -0.15) is 4.98 Å². The number of rotatable bonds is 11. The van der Waals surface area contributed by atoms with Crippen LogP contribution in [0.4, 0.5) is 11.6 Å². The molecule has 4 aromatic rings. The van der Waals surface area contributed by atoms with Gasteiger partial charge in [0.15, 0.2) is 11.5 Å². The van der Waals surface area contributed by atoms with Crippen LogP contribution in [0.15, 0.2) is 81.6 Å². The Balaban J connectivity index is 1.56. The molecule has 2 heterocycles. The standard InChI is InChI=1S/C32H33BrClN5O3S/c1-5-15-43-32-37-31-35-20(4)27(30(40)36-23-13-11-19(3)12-14-23)28(39(31)38-32)22-16-24(33)29(26(17-22)41-6-2)42-18-21-9-7-8-10-25(21)34/h7-14,16-17,28H,5-6,15,18H2,1-4H3,(H,36,40)(H,35,37,38). The molecule has 1 atom stereocenters. The van der Waals surface area contributed by atoms with Gasteiger partial charge in [0, 0.05) is 27.7 Å². The molecule has 0 spiro atoms. The summed E-state index contributed by atoms with van der Waals surface area (Å²) in [6.45, 7) is 8.61. The number of halogens is 2. The van der Waals surface area contributed by atoms with E-state index in [-0.39, 0.29) is 12.5 Å². The van der Waals surface area contributed by atoms with Gasteiger partial charge in [-0.15, -0.1) is 5.10 Å². The average Bonchev–Trinajstić information content (AvgIpc) is 3.39. The van der Waals surface area contributed by atoms with Crippen molar-refractivity contribution in [1.82, 2.24) is 14.8 Å². The molecule has 1 unspecified atom stereocenters. The van der Waals surface area contributed by atoms with Crippen LogP contribution in [0.3, 0.4) is 0 Å². The van der Waals surface area contributed by atoms with Gasteiger partial charge >= 0.3 is 0 Å². The van der Waals surface area contributed by atoms with Crippen LogP contribution >= 0.6 is 39.3 Å². The fourth-order valence-corrected chi connectivity index (χ4v) is 6.19. The Morgan fingerprint density at radius 2 is 1.88 bits per heavy atom. The Morgan fingerprint density at radius 1 is 1.12 bits per heavy atom. The summed E-state index contributed by atoms with van der Waals surface area (Å²) in [5.41, 5.74) is 4.67. The molecule has 3 aromatic carbocycles. The highest BCUT2D eigenvalue weighted by Crippen LogP contribution is 2.44. The molecule has 1 aliphatic rings. The summed E-state index contributed by atoms with van der Waals surface area (Å²) in [5, 5.41) is 12.5. The van der Waals surface area contributed by atoms with E-state index in [0.717, 1.165) is 28.9 Å². The summed E-state index contributed by atoms with van der Waals surface area (Å²) in [6.07, 6.45) is 0.993.